The summed E-state index contributed by atoms with van der Waals surface area (Å²) in [6.07, 6.45) is 4.41. The number of carbonyl (C=O) groups excluding carboxylic acids is 1. The maximum Gasteiger partial charge on any atom is 0.224 e. The summed E-state index contributed by atoms with van der Waals surface area (Å²) in [6.45, 7) is 9.32. The van der Waals surface area contributed by atoms with Crippen molar-refractivity contribution < 1.29 is 9.53 Å². The number of amides is 1. The Morgan fingerprint density at radius 2 is 1.92 bits per heavy atom. The molecule has 1 heterocycles. The molecule has 4 nitrogen and oxygen atoms in total. The molecule has 4 heteroatoms. The maximum atomic E-state index is 12.6. The predicted molar refractivity (Wildman–Crippen MR) is 101 cm³/mol. The van der Waals surface area contributed by atoms with Crippen LogP contribution in [0.5, 0.6) is 5.75 Å². The van der Waals surface area contributed by atoms with Gasteiger partial charge in [-0.05, 0) is 74.7 Å². The van der Waals surface area contributed by atoms with Gasteiger partial charge in [0.25, 0.3) is 0 Å². The van der Waals surface area contributed by atoms with E-state index < -0.39 is 0 Å². The Morgan fingerprint density at radius 1 is 1.24 bits per heavy atom. The van der Waals surface area contributed by atoms with Gasteiger partial charge in [-0.2, -0.15) is 0 Å². The largest absolute Gasteiger partial charge is 0.494 e. The number of benzene rings is 1. The molecule has 1 aliphatic heterocycles. The first-order valence-corrected chi connectivity index (χ1v) is 9.74. The molecule has 1 aliphatic carbocycles. The second-order valence-electron chi connectivity index (χ2n) is 8.20. The molecule has 1 amide bonds. The summed E-state index contributed by atoms with van der Waals surface area (Å²) < 4.78 is 5.76. The van der Waals surface area contributed by atoms with Gasteiger partial charge in [0.05, 0.1) is 12.6 Å². The van der Waals surface area contributed by atoms with E-state index in [1.807, 2.05) is 12.1 Å². The van der Waals surface area contributed by atoms with Crippen LogP contribution in [0.2, 0.25) is 0 Å². The minimum Gasteiger partial charge on any atom is -0.494 e. The van der Waals surface area contributed by atoms with E-state index in [1.165, 1.54) is 0 Å². The van der Waals surface area contributed by atoms with Crippen molar-refractivity contribution in [2.45, 2.75) is 52.5 Å². The highest BCUT2D eigenvalue weighted by molar-refractivity contribution is 5.83. The predicted octanol–water partition coefficient (Wildman–Crippen LogP) is 3.68. The molecule has 0 bridgehead atoms. The molecule has 1 aromatic rings. The Hall–Kier alpha value is -1.55. The quantitative estimate of drug-likeness (QED) is 0.793. The molecule has 2 fully saturated rings. The number of carbonyl (C=O) groups is 1. The fourth-order valence-electron chi connectivity index (χ4n) is 3.86. The molecule has 0 radical (unpaired) electrons. The molecule has 138 valence electrons. The number of nitrogens with one attached hydrogen (secondary N) is 2. The summed E-state index contributed by atoms with van der Waals surface area (Å²) >= 11 is 0. The van der Waals surface area contributed by atoms with Crippen LogP contribution in [0.4, 0.5) is 0 Å². The Labute approximate surface area is 151 Å². The zero-order valence-corrected chi connectivity index (χ0v) is 15.8. The molecule has 2 aliphatic rings. The Balaban J connectivity index is 1.48. The van der Waals surface area contributed by atoms with Crippen molar-refractivity contribution in [3.05, 3.63) is 29.8 Å². The average Bonchev–Trinajstić information content (AvgIpc) is 3.29. The fraction of sp³-hybridized carbons (Fsp3) is 0.667. The van der Waals surface area contributed by atoms with Gasteiger partial charge in [-0.1, -0.05) is 26.0 Å². The van der Waals surface area contributed by atoms with Crippen LogP contribution in [0, 0.1) is 17.3 Å². The molecule has 1 aromatic carbocycles. The summed E-state index contributed by atoms with van der Waals surface area (Å²) in [5.74, 6) is 2.00. The van der Waals surface area contributed by atoms with Gasteiger partial charge in [0.2, 0.25) is 5.91 Å². The van der Waals surface area contributed by atoms with E-state index in [4.69, 9.17) is 4.74 Å². The summed E-state index contributed by atoms with van der Waals surface area (Å²) in [5, 5.41) is 6.60. The van der Waals surface area contributed by atoms with Crippen LogP contribution in [-0.2, 0) is 4.79 Å². The Kier molecular flexibility index (Phi) is 5.67. The van der Waals surface area contributed by atoms with Crippen LogP contribution in [0.1, 0.15) is 58.1 Å². The van der Waals surface area contributed by atoms with Gasteiger partial charge in [0.15, 0.2) is 0 Å². The van der Waals surface area contributed by atoms with Crippen molar-refractivity contribution in [2.24, 2.45) is 17.3 Å². The van der Waals surface area contributed by atoms with Crippen LogP contribution in [0.25, 0.3) is 0 Å². The molecule has 1 saturated heterocycles. The van der Waals surface area contributed by atoms with Gasteiger partial charge >= 0.3 is 0 Å². The van der Waals surface area contributed by atoms with E-state index >= 15 is 0 Å². The van der Waals surface area contributed by atoms with Crippen molar-refractivity contribution in [3.8, 4) is 5.75 Å². The number of hydrogen-bond acceptors (Lipinski definition) is 3. The van der Waals surface area contributed by atoms with E-state index in [2.05, 4.69) is 43.5 Å². The smallest absolute Gasteiger partial charge is 0.224 e. The van der Waals surface area contributed by atoms with Gasteiger partial charge in [0.1, 0.15) is 5.75 Å². The van der Waals surface area contributed by atoms with E-state index in [1.54, 1.807) is 0 Å². The highest BCUT2D eigenvalue weighted by Gasteiger charge is 2.57. The number of piperidine rings is 1. The lowest BCUT2D eigenvalue weighted by Crippen LogP contribution is -2.34. The van der Waals surface area contributed by atoms with E-state index in [0.29, 0.717) is 11.3 Å². The van der Waals surface area contributed by atoms with Gasteiger partial charge in [0, 0.05) is 5.92 Å². The third kappa shape index (κ3) is 4.55. The van der Waals surface area contributed by atoms with Crippen LogP contribution in [0.3, 0.4) is 0 Å². The third-order valence-electron chi connectivity index (χ3n) is 5.81. The lowest BCUT2D eigenvalue weighted by atomic mass is 9.91. The minimum atomic E-state index is 0.0385. The molecule has 1 saturated carbocycles. The summed E-state index contributed by atoms with van der Waals surface area (Å²) in [6, 6.07) is 8.16. The molecule has 1 spiro atoms. The van der Waals surface area contributed by atoms with Crippen LogP contribution in [-0.4, -0.2) is 25.6 Å². The van der Waals surface area contributed by atoms with Gasteiger partial charge in [-0.3, -0.25) is 4.79 Å². The van der Waals surface area contributed by atoms with Crippen molar-refractivity contribution in [1.82, 2.24) is 10.6 Å². The van der Waals surface area contributed by atoms with Crippen molar-refractivity contribution in [3.63, 3.8) is 0 Å². The maximum absolute atomic E-state index is 12.6. The summed E-state index contributed by atoms with van der Waals surface area (Å²) in [5.41, 5.74) is 1.42. The lowest BCUT2D eigenvalue weighted by Gasteiger charge is -2.24. The van der Waals surface area contributed by atoms with E-state index in [0.717, 1.165) is 56.7 Å². The van der Waals surface area contributed by atoms with Crippen LogP contribution >= 0.6 is 0 Å². The molecule has 3 rings (SSSR count). The van der Waals surface area contributed by atoms with E-state index in [-0.39, 0.29) is 17.9 Å². The standard InChI is InChI=1S/C21H32N2O2/c1-15(2)8-13-25-18-6-4-17(5-7-18)16(3)23-20(24)19-14-21(19)9-11-22-12-10-21/h4-7,15-16,19,22H,8-14H2,1-3H3,(H,23,24). The highest BCUT2D eigenvalue weighted by Crippen LogP contribution is 2.58. The Morgan fingerprint density at radius 3 is 2.56 bits per heavy atom. The molecule has 2 N–H and O–H groups in total. The monoisotopic (exact) mass is 344 g/mol. The van der Waals surface area contributed by atoms with Gasteiger partial charge < -0.3 is 15.4 Å². The molecular weight excluding hydrogens is 312 g/mol. The second-order valence-corrected chi connectivity index (χ2v) is 8.20. The average molecular weight is 344 g/mol. The van der Waals surface area contributed by atoms with Crippen molar-refractivity contribution >= 4 is 5.91 Å². The number of ether oxygens (including phenoxy) is 1. The highest BCUT2D eigenvalue weighted by atomic mass is 16.5. The zero-order valence-electron chi connectivity index (χ0n) is 15.8. The summed E-state index contributed by atoms with van der Waals surface area (Å²) in [4.78, 5) is 12.6. The Bertz CT molecular complexity index is 576. The first-order valence-electron chi connectivity index (χ1n) is 9.74. The minimum absolute atomic E-state index is 0.0385. The summed E-state index contributed by atoms with van der Waals surface area (Å²) in [7, 11) is 0. The van der Waals surface area contributed by atoms with Crippen LogP contribution < -0.4 is 15.4 Å². The number of rotatable bonds is 7. The van der Waals surface area contributed by atoms with Gasteiger partial charge in [-0.25, -0.2) is 0 Å². The second kappa shape index (κ2) is 7.77. The number of hydrogen-bond donors (Lipinski definition) is 2. The topological polar surface area (TPSA) is 50.4 Å². The molecule has 25 heavy (non-hydrogen) atoms. The molecule has 0 aromatic heterocycles. The normalized spacial score (nSPS) is 22.6. The van der Waals surface area contributed by atoms with Gasteiger partial charge in [-0.15, -0.1) is 0 Å². The van der Waals surface area contributed by atoms with Crippen molar-refractivity contribution in [1.29, 1.82) is 0 Å². The molecule has 2 unspecified atom stereocenters. The molecule has 2 atom stereocenters. The fourth-order valence-corrected chi connectivity index (χ4v) is 3.86. The third-order valence-corrected chi connectivity index (χ3v) is 5.81. The van der Waals surface area contributed by atoms with Crippen LogP contribution in [0.15, 0.2) is 24.3 Å². The SMILES string of the molecule is CC(C)CCOc1ccc(C(C)NC(=O)C2CC23CCNCC3)cc1. The zero-order chi connectivity index (χ0) is 17.9. The molecular formula is C21H32N2O2. The lowest BCUT2D eigenvalue weighted by molar-refractivity contribution is -0.123. The van der Waals surface area contributed by atoms with Crippen molar-refractivity contribution in [2.75, 3.05) is 19.7 Å². The first-order chi connectivity index (χ1) is 12.0. The van der Waals surface area contributed by atoms with E-state index in [9.17, 15) is 4.79 Å². The first kappa shape index (κ1) is 18.2.